The van der Waals surface area contributed by atoms with Crippen LogP contribution in [0.15, 0.2) is 12.3 Å². The number of aryl methyl sites for hydroxylation is 1. The van der Waals surface area contributed by atoms with E-state index in [4.69, 9.17) is 0 Å². The van der Waals surface area contributed by atoms with Crippen molar-refractivity contribution in [2.75, 3.05) is 13.1 Å². The zero-order valence-corrected chi connectivity index (χ0v) is 12.4. The fourth-order valence-corrected chi connectivity index (χ4v) is 2.62. The third-order valence-electron chi connectivity index (χ3n) is 3.80. The van der Waals surface area contributed by atoms with Gasteiger partial charge in [0, 0.05) is 31.4 Å². The molecule has 1 aliphatic rings. The van der Waals surface area contributed by atoms with Gasteiger partial charge in [-0.1, -0.05) is 6.42 Å². The van der Waals surface area contributed by atoms with Gasteiger partial charge < -0.3 is 5.32 Å². The van der Waals surface area contributed by atoms with E-state index in [0.29, 0.717) is 12.1 Å². The highest BCUT2D eigenvalue weighted by Crippen LogP contribution is 2.12. The topological polar surface area (TPSA) is 41.1 Å². The molecule has 1 atom stereocenters. The molecule has 1 aromatic heterocycles. The van der Waals surface area contributed by atoms with Gasteiger partial charge in [-0.2, -0.15) is 0 Å². The maximum absolute atomic E-state index is 4.52. The number of rotatable bonds is 5. The zero-order valence-electron chi connectivity index (χ0n) is 12.4. The summed E-state index contributed by atoms with van der Waals surface area (Å²) in [5.74, 6) is 0.858. The lowest BCUT2D eigenvalue weighted by Gasteiger charge is -2.32. The maximum atomic E-state index is 4.52. The van der Waals surface area contributed by atoms with Crippen molar-refractivity contribution in [2.24, 2.45) is 0 Å². The molecule has 0 radical (unpaired) electrons. The lowest BCUT2D eigenvalue weighted by Crippen LogP contribution is -2.45. The van der Waals surface area contributed by atoms with Crippen molar-refractivity contribution in [1.29, 1.82) is 0 Å². The molecular formula is C15H26N4. The van der Waals surface area contributed by atoms with Gasteiger partial charge in [0.2, 0.25) is 0 Å². The summed E-state index contributed by atoms with van der Waals surface area (Å²) < 4.78 is 0. The third kappa shape index (κ3) is 4.55. The van der Waals surface area contributed by atoms with Crippen molar-refractivity contribution >= 4 is 0 Å². The summed E-state index contributed by atoms with van der Waals surface area (Å²) in [6.07, 6.45) is 5.83. The normalized spacial score (nSPS) is 20.2. The van der Waals surface area contributed by atoms with Crippen molar-refractivity contribution in [3.63, 3.8) is 0 Å². The van der Waals surface area contributed by atoms with Gasteiger partial charge in [0.1, 0.15) is 5.82 Å². The fraction of sp³-hybridized carbons (Fsp3) is 0.733. The second-order valence-corrected chi connectivity index (χ2v) is 5.77. The Morgan fingerprint density at radius 2 is 2.26 bits per heavy atom. The molecule has 0 aromatic carbocycles. The van der Waals surface area contributed by atoms with Crippen molar-refractivity contribution < 1.29 is 0 Å². The van der Waals surface area contributed by atoms with Crippen molar-refractivity contribution in [3.05, 3.63) is 23.8 Å². The second kappa shape index (κ2) is 6.96. The van der Waals surface area contributed by atoms with Crippen molar-refractivity contribution in [1.82, 2.24) is 20.2 Å². The summed E-state index contributed by atoms with van der Waals surface area (Å²) in [5, 5.41) is 3.63. The van der Waals surface area contributed by atoms with Gasteiger partial charge in [0.15, 0.2) is 0 Å². The Bertz CT molecular complexity index is 385. The van der Waals surface area contributed by atoms with Crippen LogP contribution in [0.1, 0.15) is 44.6 Å². The fourth-order valence-electron chi connectivity index (χ4n) is 2.62. The summed E-state index contributed by atoms with van der Waals surface area (Å²) in [5.41, 5.74) is 1.12. The van der Waals surface area contributed by atoms with Gasteiger partial charge in [-0.05, 0) is 46.2 Å². The van der Waals surface area contributed by atoms with Gasteiger partial charge in [0.25, 0.3) is 0 Å². The van der Waals surface area contributed by atoms with E-state index in [0.717, 1.165) is 24.6 Å². The number of aromatic nitrogens is 2. The van der Waals surface area contributed by atoms with E-state index in [1.165, 1.54) is 25.8 Å². The predicted molar refractivity (Wildman–Crippen MR) is 78.0 cm³/mol. The molecule has 0 spiro atoms. The third-order valence-corrected chi connectivity index (χ3v) is 3.80. The van der Waals surface area contributed by atoms with E-state index in [1.54, 1.807) is 0 Å². The average Bonchev–Trinajstić information content (AvgIpc) is 2.39. The highest BCUT2D eigenvalue weighted by Gasteiger charge is 2.19. The van der Waals surface area contributed by atoms with Crippen LogP contribution >= 0.6 is 0 Å². The van der Waals surface area contributed by atoms with Crippen LogP contribution in [-0.4, -0.2) is 40.0 Å². The van der Waals surface area contributed by atoms with E-state index in [9.17, 15) is 0 Å². The number of nitrogens with one attached hydrogen (secondary N) is 1. The van der Waals surface area contributed by atoms with Crippen LogP contribution < -0.4 is 5.32 Å². The van der Waals surface area contributed by atoms with Gasteiger partial charge in [-0.25, -0.2) is 9.97 Å². The largest absolute Gasteiger partial charge is 0.313 e. The molecule has 1 unspecified atom stereocenters. The first-order valence-electron chi connectivity index (χ1n) is 7.41. The van der Waals surface area contributed by atoms with E-state index < -0.39 is 0 Å². The number of hydrogen-bond donors (Lipinski definition) is 1. The Balaban J connectivity index is 1.95. The van der Waals surface area contributed by atoms with Gasteiger partial charge in [-0.15, -0.1) is 0 Å². The van der Waals surface area contributed by atoms with E-state index >= 15 is 0 Å². The molecule has 1 fully saturated rings. The molecule has 1 aliphatic heterocycles. The summed E-state index contributed by atoms with van der Waals surface area (Å²) in [4.78, 5) is 11.2. The lowest BCUT2D eigenvalue weighted by atomic mass is 10.0. The van der Waals surface area contributed by atoms with E-state index in [1.807, 2.05) is 19.2 Å². The van der Waals surface area contributed by atoms with Crippen LogP contribution in [0.5, 0.6) is 0 Å². The minimum atomic E-state index is 0.541. The molecule has 0 saturated carbocycles. The van der Waals surface area contributed by atoms with Crippen LogP contribution in [0.3, 0.4) is 0 Å². The molecule has 4 nitrogen and oxygen atoms in total. The predicted octanol–water partition coefficient (Wildman–Crippen LogP) is 2.14. The minimum absolute atomic E-state index is 0.541. The number of piperidine rings is 1. The maximum Gasteiger partial charge on any atom is 0.125 e. The highest BCUT2D eigenvalue weighted by atomic mass is 15.2. The monoisotopic (exact) mass is 262 g/mol. The Kier molecular flexibility index (Phi) is 5.28. The second-order valence-electron chi connectivity index (χ2n) is 5.77. The molecule has 19 heavy (non-hydrogen) atoms. The molecule has 1 aromatic rings. The Hall–Kier alpha value is -1.00. The van der Waals surface area contributed by atoms with E-state index in [2.05, 4.69) is 34.0 Å². The molecule has 0 aliphatic carbocycles. The van der Waals surface area contributed by atoms with Crippen LogP contribution in [0.25, 0.3) is 0 Å². The first kappa shape index (κ1) is 14.4. The van der Waals surface area contributed by atoms with Gasteiger partial charge in [-0.3, -0.25) is 4.90 Å². The quantitative estimate of drug-likeness (QED) is 0.882. The summed E-state index contributed by atoms with van der Waals surface area (Å²) >= 11 is 0. The molecule has 1 N–H and O–H groups in total. The molecule has 106 valence electrons. The summed E-state index contributed by atoms with van der Waals surface area (Å²) in [7, 11) is 0. The molecular weight excluding hydrogens is 236 g/mol. The zero-order chi connectivity index (χ0) is 13.7. The van der Waals surface area contributed by atoms with Crippen LogP contribution in [0.2, 0.25) is 0 Å². The molecule has 0 bridgehead atoms. The van der Waals surface area contributed by atoms with Crippen molar-refractivity contribution in [3.8, 4) is 0 Å². The highest BCUT2D eigenvalue weighted by molar-refractivity contribution is 5.01. The standard InChI is InChI=1S/C15H26N4/c1-12(2)19(10-14-6-4-5-8-17-14)11-15-7-9-16-13(3)18-15/h7,9,12,14,17H,4-6,8,10-11H2,1-3H3. The number of nitrogens with zero attached hydrogens (tertiary/aromatic N) is 3. The Morgan fingerprint density at radius 1 is 1.42 bits per heavy atom. The SMILES string of the molecule is Cc1nccc(CN(CC2CCCCN2)C(C)C)n1. The first-order chi connectivity index (χ1) is 9.15. The average molecular weight is 262 g/mol. The molecule has 0 amide bonds. The van der Waals surface area contributed by atoms with Gasteiger partial charge in [0.05, 0.1) is 5.69 Å². The van der Waals surface area contributed by atoms with Crippen LogP contribution in [0.4, 0.5) is 0 Å². The van der Waals surface area contributed by atoms with E-state index in [-0.39, 0.29) is 0 Å². The molecule has 1 saturated heterocycles. The molecule has 2 heterocycles. The van der Waals surface area contributed by atoms with Gasteiger partial charge >= 0.3 is 0 Å². The number of hydrogen-bond acceptors (Lipinski definition) is 4. The van der Waals surface area contributed by atoms with Crippen molar-refractivity contribution in [2.45, 2.75) is 58.7 Å². The molecule has 2 rings (SSSR count). The van der Waals surface area contributed by atoms with Crippen LogP contribution in [-0.2, 0) is 6.54 Å². The summed E-state index contributed by atoms with van der Waals surface area (Å²) in [6.45, 7) is 9.67. The summed E-state index contributed by atoms with van der Waals surface area (Å²) in [6, 6.07) is 3.20. The Morgan fingerprint density at radius 3 is 2.89 bits per heavy atom. The smallest absolute Gasteiger partial charge is 0.125 e. The lowest BCUT2D eigenvalue weighted by molar-refractivity contribution is 0.175. The minimum Gasteiger partial charge on any atom is -0.313 e. The molecule has 4 heteroatoms. The van der Waals surface area contributed by atoms with Crippen LogP contribution in [0, 0.1) is 6.92 Å². The Labute approximate surface area is 116 Å². The first-order valence-corrected chi connectivity index (χ1v) is 7.41.